The van der Waals surface area contributed by atoms with E-state index in [1.165, 1.54) is 6.08 Å². The average Bonchev–Trinajstić information content (AvgIpc) is 2.98. The monoisotopic (exact) mass is 408 g/mol. The van der Waals surface area contributed by atoms with E-state index in [4.69, 9.17) is 9.47 Å². The minimum Gasteiger partial charge on any atom is -0.460 e. The third-order valence-corrected chi connectivity index (χ3v) is 8.44. The van der Waals surface area contributed by atoms with Crippen LogP contribution in [0.3, 0.4) is 0 Å². The minimum atomic E-state index is -2.37. The Hall–Kier alpha value is -1.62. The molecule has 2 heterocycles. The van der Waals surface area contributed by atoms with Crippen molar-refractivity contribution < 1.29 is 44.6 Å². The van der Waals surface area contributed by atoms with Gasteiger partial charge in [0.05, 0.1) is 12.0 Å². The van der Waals surface area contributed by atoms with E-state index in [1.807, 2.05) is 0 Å². The molecule has 0 radical (unpaired) electrons. The third-order valence-electron chi connectivity index (χ3n) is 8.44. The predicted molar refractivity (Wildman–Crippen MR) is 93.8 cm³/mol. The number of hydrogen-bond acceptors (Lipinski definition) is 9. The average molecular weight is 408 g/mol. The van der Waals surface area contributed by atoms with Crippen LogP contribution in [0.5, 0.6) is 0 Å². The van der Waals surface area contributed by atoms with E-state index < -0.39 is 70.2 Å². The van der Waals surface area contributed by atoms with Gasteiger partial charge in [-0.2, -0.15) is 0 Å². The van der Waals surface area contributed by atoms with Crippen LogP contribution in [0.25, 0.3) is 0 Å². The predicted octanol–water partition coefficient (Wildman–Crippen LogP) is -1.83. The zero-order valence-electron chi connectivity index (χ0n) is 16.0. The first kappa shape index (κ1) is 19.3. The largest absolute Gasteiger partial charge is 0.460 e. The second-order valence-corrected chi connectivity index (χ2v) is 9.38. The summed E-state index contributed by atoms with van der Waals surface area (Å²) in [5.74, 6) is -5.66. The van der Waals surface area contributed by atoms with Gasteiger partial charge >= 0.3 is 5.97 Å². The van der Waals surface area contributed by atoms with Gasteiger partial charge < -0.3 is 35.0 Å². The van der Waals surface area contributed by atoms with Gasteiger partial charge in [-0.05, 0) is 30.9 Å². The number of hydrogen-bond donors (Lipinski definition) is 5. The molecule has 158 valence electrons. The lowest BCUT2D eigenvalue weighted by Crippen LogP contribution is -2.82. The highest BCUT2D eigenvalue weighted by molar-refractivity contribution is 5.96. The van der Waals surface area contributed by atoms with Crippen LogP contribution in [0.15, 0.2) is 23.8 Å². The maximum Gasteiger partial charge on any atom is 0.338 e. The van der Waals surface area contributed by atoms with E-state index in [9.17, 15) is 35.1 Å². The molecular weight excluding hydrogens is 384 g/mol. The first-order valence-corrected chi connectivity index (χ1v) is 9.63. The van der Waals surface area contributed by atoms with E-state index in [0.29, 0.717) is 5.57 Å². The first-order valence-electron chi connectivity index (χ1n) is 9.63. The lowest BCUT2D eigenvalue weighted by atomic mass is 9.37. The highest BCUT2D eigenvalue weighted by atomic mass is 16.7. The van der Waals surface area contributed by atoms with Gasteiger partial charge in [0.1, 0.15) is 23.9 Å². The molecule has 0 aromatic carbocycles. The van der Waals surface area contributed by atoms with Crippen LogP contribution in [0.1, 0.15) is 20.3 Å². The molecule has 0 aromatic rings. The molecule has 2 saturated carbocycles. The Morgan fingerprint density at radius 3 is 2.45 bits per heavy atom. The van der Waals surface area contributed by atoms with Crippen molar-refractivity contribution in [3.8, 4) is 0 Å². The SMILES string of the molecule is C=C1[C@@H](O)C2(O)OC[C@]34[C@H]2[C@@]2(C)[C@H](O)C(=O)C=C(C)[C@@H]2C[C@H]3OC(=O)[C@H](O)[C@@]14O. The molecule has 5 N–H and O–H groups in total. The summed E-state index contributed by atoms with van der Waals surface area (Å²) in [7, 11) is 0. The minimum absolute atomic E-state index is 0.142. The lowest BCUT2D eigenvalue weighted by molar-refractivity contribution is -0.337. The molecule has 5 aliphatic rings. The van der Waals surface area contributed by atoms with Crippen LogP contribution in [0, 0.1) is 22.7 Å². The lowest BCUT2D eigenvalue weighted by Gasteiger charge is -2.69. The summed E-state index contributed by atoms with van der Waals surface area (Å²) < 4.78 is 11.1. The first-order chi connectivity index (χ1) is 13.4. The Labute approximate surface area is 166 Å². The highest BCUT2D eigenvalue weighted by Gasteiger charge is 2.87. The second-order valence-electron chi connectivity index (χ2n) is 9.38. The molecule has 1 spiro atoms. The molecule has 9 heteroatoms. The van der Waals surface area contributed by atoms with Crippen LogP contribution >= 0.6 is 0 Å². The molecule has 29 heavy (non-hydrogen) atoms. The summed E-state index contributed by atoms with van der Waals surface area (Å²) in [5, 5.41) is 55.7. The number of aliphatic hydroxyl groups is 5. The van der Waals surface area contributed by atoms with Crippen LogP contribution in [0.2, 0.25) is 0 Å². The topological polar surface area (TPSA) is 154 Å². The smallest absolute Gasteiger partial charge is 0.338 e. The van der Waals surface area contributed by atoms with Gasteiger partial charge in [0.15, 0.2) is 11.9 Å². The number of ether oxygens (including phenoxy) is 2. The van der Waals surface area contributed by atoms with E-state index in [1.54, 1.807) is 13.8 Å². The van der Waals surface area contributed by atoms with Crippen LogP contribution in [-0.2, 0) is 19.1 Å². The van der Waals surface area contributed by atoms with Crippen LogP contribution < -0.4 is 0 Å². The maximum absolute atomic E-state index is 12.5. The molecule has 0 aromatic heterocycles. The molecule has 1 unspecified atom stereocenters. The Balaban J connectivity index is 1.85. The number of esters is 1. The molecule has 3 aliphatic carbocycles. The van der Waals surface area contributed by atoms with E-state index >= 15 is 0 Å². The Kier molecular flexibility index (Phi) is 3.44. The summed E-state index contributed by atoms with van der Waals surface area (Å²) in [5.41, 5.74) is -5.06. The summed E-state index contributed by atoms with van der Waals surface area (Å²) in [6.07, 6.45) is -5.01. The van der Waals surface area contributed by atoms with E-state index in [-0.39, 0.29) is 18.6 Å². The summed E-state index contributed by atoms with van der Waals surface area (Å²) in [4.78, 5) is 25.0. The van der Waals surface area contributed by atoms with Crippen molar-refractivity contribution in [1.29, 1.82) is 0 Å². The van der Waals surface area contributed by atoms with Gasteiger partial charge in [-0.15, -0.1) is 0 Å². The van der Waals surface area contributed by atoms with E-state index in [0.717, 1.165) is 0 Å². The molecular formula is C20H24O9. The summed E-state index contributed by atoms with van der Waals surface area (Å²) >= 11 is 0. The molecule has 5 rings (SSSR count). The van der Waals surface area contributed by atoms with Gasteiger partial charge in [0, 0.05) is 11.3 Å². The fourth-order valence-corrected chi connectivity index (χ4v) is 7.19. The van der Waals surface area contributed by atoms with Gasteiger partial charge in [-0.25, -0.2) is 4.79 Å². The van der Waals surface area contributed by atoms with Crippen molar-refractivity contribution in [3.05, 3.63) is 23.8 Å². The number of carbonyl (C=O) groups excluding carboxylic acids is 2. The van der Waals surface area contributed by atoms with Gasteiger partial charge in [-0.3, -0.25) is 4.79 Å². The fourth-order valence-electron chi connectivity index (χ4n) is 7.19. The van der Waals surface area contributed by atoms with Crippen LogP contribution in [0.4, 0.5) is 0 Å². The molecule has 2 bridgehead atoms. The molecule has 2 aliphatic heterocycles. The molecule has 2 saturated heterocycles. The molecule has 4 fully saturated rings. The van der Waals surface area contributed by atoms with Crippen molar-refractivity contribution in [2.45, 2.75) is 56.1 Å². The number of ketones is 1. The Bertz CT molecular complexity index is 896. The van der Waals surface area contributed by atoms with Gasteiger partial charge in [0.25, 0.3) is 0 Å². The number of allylic oxidation sites excluding steroid dienone is 1. The standard InChI is InChI=1S/C20H24O9/c1-7-4-10(21)13(23)17(3)9(7)5-11-18-6-28-20(27,16(17)18)12(22)8(2)19(18,26)14(24)15(25)29-11/h4,9,11-14,16,22-24,26-27H,2,5-6H2,1,3H3/t9-,11+,12+,13+,14-,16+,17+,18+,19-,20?/m0/s1. The number of fused-ring (bicyclic) bond motifs is 1. The quantitative estimate of drug-likeness (QED) is 0.230. The molecule has 10 atom stereocenters. The Morgan fingerprint density at radius 2 is 1.79 bits per heavy atom. The van der Waals surface area contributed by atoms with Gasteiger partial charge in [-0.1, -0.05) is 19.1 Å². The zero-order chi connectivity index (χ0) is 21.3. The van der Waals surface area contributed by atoms with Crippen LogP contribution in [-0.4, -0.2) is 79.7 Å². The van der Waals surface area contributed by atoms with Crippen molar-refractivity contribution in [2.75, 3.05) is 6.61 Å². The zero-order valence-corrected chi connectivity index (χ0v) is 16.0. The normalized spacial score (nSPS) is 58.3. The summed E-state index contributed by atoms with van der Waals surface area (Å²) in [6, 6.07) is 0. The number of rotatable bonds is 0. The third kappa shape index (κ3) is 1.69. The van der Waals surface area contributed by atoms with Gasteiger partial charge in [0.2, 0.25) is 5.79 Å². The maximum atomic E-state index is 12.5. The molecule has 0 amide bonds. The second kappa shape index (κ2) is 5.16. The van der Waals surface area contributed by atoms with Crippen molar-refractivity contribution in [2.24, 2.45) is 22.7 Å². The molecule has 9 nitrogen and oxygen atoms in total. The van der Waals surface area contributed by atoms with Crippen molar-refractivity contribution in [1.82, 2.24) is 0 Å². The van der Waals surface area contributed by atoms with E-state index in [2.05, 4.69) is 6.58 Å². The fraction of sp³-hybridized carbons (Fsp3) is 0.700. The number of carbonyl (C=O) groups is 2. The summed E-state index contributed by atoms with van der Waals surface area (Å²) in [6.45, 7) is 6.62. The highest BCUT2D eigenvalue weighted by Crippen LogP contribution is 2.74. The van der Waals surface area contributed by atoms with Crippen molar-refractivity contribution in [3.63, 3.8) is 0 Å². The Morgan fingerprint density at radius 1 is 1.14 bits per heavy atom. The number of aliphatic hydroxyl groups excluding tert-OH is 3. The van der Waals surface area contributed by atoms with Crippen molar-refractivity contribution >= 4 is 11.8 Å².